The van der Waals surface area contributed by atoms with Gasteiger partial charge in [-0.05, 0) is 104 Å². The zero-order valence-electron chi connectivity index (χ0n) is 21.9. The van der Waals surface area contributed by atoms with Crippen molar-refractivity contribution in [2.45, 2.75) is 44.7 Å². The van der Waals surface area contributed by atoms with Crippen LogP contribution in [0.4, 0.5) is 5.69 Å². The van der Waals surface area contributed by atoms with Crippen LogP contribution < -0.4 is 5.32 Å². The molecule has 0 saturated carbocycles. The van der Waals surface area contributed by atoms with Crippen LogP contribution in [0.15, 0.2) is 85.2 Å². The van der Waals surface area contributed by atoms with Crippen LogP contribution >= 0.6 is 0 Å². The fourth-order valence-corrected chi connectivity index (χ4v) is 6.45. The lowest BCUT2D eigenvalue weighted by Crippen LogP contribution is -2.48. The Morgan fingerprint density at radius 3 is 2.58 bits per heavy atom. The Kier molecular flexibility index (Phi) is 5.38. The number of pyridine rings is 1. The summed E-state index contributed by atoms with van der Waals surface area (Å²) >= 11 is 0. The largest absolute Gasteiger partial charge is 0.343 e. The van der Waals surface area contributed by atoms with Crippen LogP contribution in [0.2, 0.25) is 0 Å². The molecule has 5 heteroatoms. The van der Waals surface area contributed by atoms with Crippen molar-refractivity contribution in [3.63, 3.8) is 0 Å². The zero-order valence-corrected chi connectivity index (χ0v) is 21.9. The summed E-state index contributed by atoms with van der Waals surface area (Å²) < 4.78 is 2.31. The highest BCUT2D eigenvalue weighted by Crippen LogP contribution is 2.46. The van der Waals surface area contributed by atoms with Crippen LogP contribution in [-0.4, -0.2) is 39.5 Å². The fraction of sp³-hybridized carbons (Fsp3) is 0.273. The number of aromatic nitrogens is 2. The first-order chi connectivity index (χ1) is 18.5. The van der Waals surface area contributed by atoms with Crippen LogP contribution in [0.3, 0.4) is 0 Å². The maximum Gasteiger partial charge on any atom is 0.235 e. The number of benzene rings is 3. The predicted octanol–water partition coefficient (Wildman–Crippen LogP) is 6.60. The number of fused-ring (bicyclic) bond motifs is 4. The number of anilines is 1. The lowest BCUT2D eigenvalue weighted by molar-refractivity contribution is -0.122. The molecule has 0 bridgehead atoms. The second-order valence-corrected chi connectivity index (χ2v) is 11.2. The molecule has 0 unspecified atom stereocenters. The average molecular weight is 501 g/mol. The molecule has 1 fully saturated rings. The van der Waals surface area contributed by atoms with Crippen LogP contribution in [0, 0.1) is 0 Å². The summed E-state index contributed by atoms with van der Waals surface area (Å²) in [6, 6.07) is 26.5. The summed E-state index contributed by atoms with van der Waals surface area (Å²) in [4.78, 5) is 20.2. The summed E-state index contributed by atoms with van der Waals surface area (Å²) in [6.45, 7) is 7.20. The van der Waals surface area contributed by atoms with Gasteiger partial charge < -0.3 is 14.8 Å². The molecule has 2 aromatic heterocycles. The Morgan fingerprint density at radius 2 is 1.74 bits per heavy atom. The molecule has 1 N–H and O–H groups in total. The maximum absolute atomic E-state index is 13.2. The standard InChI is InChI=1S/C33H32N4O/c1-22(2)36-16-12-33(13-17-36)28-9-8-25(19-30(28)35-32(33)38)26-7-6-24-11-15-37(31(24)20-26)21-23-5-10-29-27(18-23)4-3-14-34-29/h3-11,14-15,18-20,22H,12-13,16-17,21H2,1-2H3,(H,35,38). The van der Waals surface area contributed by atoms with Gasteiger partial charge in [-0.2, -0.15) is 0 Å². The van der Waals surface area contributed by atoms with Gasteiger partial charge >= 0.3 is 0 Å². The van der Waals surface area contributed by atoms with Gasteiger partial charge in [-0.15, -0.1) is 0 Å². The average Bonchev–Trinajstić information content (AvgIpc) is 3.46. The normalized spacial score (nSPS) is 17.0. The van der Waals surface area contributed by atoms with E-state index in [1.165, 1.54) is 22.0 Å². The Morgan fingerprint density at radius 1 is 0.921 bits per heavy atom. The number of rotatable bonds is 4. The van der Waals surface area contributed by atoms with E-state index in [0.717, 1.165) is 60.2 Å². The molecule has 1 saturated heterocycles. The number of piperidine rings is 1. The molecule has 0 atom stereocenters. The molecule has 5 nitrogen and oxygen atoms in total. The minimum atomic E-state index is -0.382. The number of nitrogens with one attached hydrogen (secondary N) is 1. The fourth-order valence-electron chi connectivity index (χ4n) is 6.45. The minimum absolute atomic E-state index is 0.169. The molecule has 1 amide bonds. The summed E-state index contributed by atoms with van der Waals surface area (Å²) in [5, 5.41) is 5.62. The van der Waals surface area contributed by atoms with Gasteiger partial charge in [0.2, 0.25) is 5.91 Å². The first-order valence-corrected chi connectivity index (χ1v) is 13.6. The van der Waals surface area contributed by atoms with Gasteiger partial charge in [-0.1, -0.05) is 36.4 Å². The third-order valence-electron chi connectivity index (χ3n) is 8.73. The van der Waals surface area contributed by atoms with E-state index in [9.17, 15) is 4.79 Å². The number of carbonyl (C=O) groups excluding carboxylic acids is 1. The second kappa shape index (κ2) is 8.81. The van der Waals surface area contributed by atoms with E-state index in [-0.39, 0.29) is 11.3 Å². The Bertz CT molecular complexity index is 1690. The van der Waals surface area contributed by atoms with Crippen LogP contribution in [0.5, 0.6) is 0 Å². The smallest absolute Gasteiger partial charge is 0.235 e. The summed E-state index contributed by atoms with van der Waals surface area (Å²) in [6.07, 6.45) is 5.77. The van der Waals surface area contributed by atoms with Gasteiger partial charge in [0, 0.05) is 41.6 Å². The van der Waals surface area contributed by atoms with Gasteiger partial charge in [0.1, 0.15) is 0 Å². The zero-order chi connectivity index (χ0) is 25.9. The van der Waals surface area contributed by atoms with E-state index in [0.29, 0.717) is 6.04 Å². The molecule has 7 rings (SSSR count). The molecule has 190 valence electrons. The van der Waals surface area contributed by atoms with Crippen LogP contribution in [0.1, 0.15) is 37.8 Å². The second-order valence-electron chi connectivity index (χ2n) is 11.2. The third-order valence-corrected chi connectivity index (χ3v) is 8.73. The molecule has 0 aliphatic carbocycles. The number of carbonyl (C=O) groups is 1. The summed E-state index contributed by atoms with van der Waals surface area (Å²) in [5.74, 6) is 0.169. The van der Waals surface area contributed by atoms with Crippen molar-refractivity contribution in [3.05, 3.63) is 96.3 Å². The van der Waals surface area contributed by atoms with E-state index in [4.69, 9.17) is 0 Å². The van der Waals surface area contributed by atoms with E-state index in [2.05, 4.69) is 107 Å². The topological polar surface area (TPSA) is 50.2 Å². The van der Waals surface area contributed by atoms with Gasteiger partial charge in [0.25, 0.3) is 0 Å². The molecular formula is C33H32N4O. The maximum atomic E-state index is 13.2. The lowest BCUT2D eigenvalue weighted by Gasteiger charge is -2.39. The van der Waals surface area contributed by atoms with Gasteiger partial charge in [0.15, 0.2) is 0 Å². The van der Waals surface area contributed by atoms with Crippen molar-refractivity contribution < 1.29 is 4.79 Å². The van der Waals surface area contributed by atoms with Crippen molar-refractivity contribution in [1.29, 1.82) is 0 Å². The first kappa shape index (κ1) is 23.2. The Balaban J connectivity index is 1.19. The number of hydrogen-bond donors (Lipinski definition) is 1. The highest BCUT2D eigenvalue weighted by Gasteiger charge is 2.48. The molecule has 4 heterocycles. The molecule has 0 radical (unpaired) electrons. The number of hydrogen-bond acceptors (Lipinski definition) is 3. The molecular weight excluding hydrogens is 468 g/mol. The molecule has 3 aromatic carbocycles. The summed E-state index contributed by atoms with van der Waals surface area (Å²) in [7, 11) is 0. The van der Waals surface area contributed by atoms with Crippen LogP contribution in [-0.2, 0) is 16.8 Å². The van der Waals surface area contributed by atoms with Crippen molar-refractivity contribution in [2.75, 3.05) is 18.4 Å². The molecule has 38 heavy (non-hydrogen) atoms. The quantitative estimate of drug-likeness (QED) is 0.303. The highest BCUT2D eigenvalue weighted by molar-refractivity contribution is 6.07. The van der Waals surface area contributed by atoms with Crippen molar-refractivity contribution in [1.82, 2.24) is 14.5 Å². The van der Waals surface area contributed by atoms with E-state index < -0.39 is 0 Å². The SMILES string of the molecule is CC(C)N1CCC2(CC1)C(=O)Nc1cc(-c3ccc4ccn(Cc5ccc6ncccc6c5)c4c3)ccc12. The van der Waals surface area contributed by atoms with E-state index in [1.54, 1.807) is 0 Å². The van der Waals surface area contributed by atoms with E-state index >= 15 is 0 Å². The number of likely N-dealkylation sites (tertiary alicyclic amines) is 1. The van der Waals surface area contributed by atoms with Crippen molar-refractivity contribution in [3.8, 4) is 11.1 Å². The third kappa shape index (κ3) is 3.72. The molecule has 1 spiro atoms. The molecule has 2 aliphatic heterocycles. The summed E-state index contributed by atoms with van der Waals surface area (Å²) in [5.41, 5.74) is 7.54. The first-order valence-electron chi connectivity index (χ1n) is 13.6. The van der Waals surface area contributed by atoms with Crippen molar-refractivity contribution >= 4 is 33.4 Å². The van der Waals surface area contributed by atoms with E-state index in [1.807, 2.05) is 12.3 Å². The number of nitrogens with zero attached hydrogens (tertiary/aromatic N) is 3. The highest BCUT2D eigenvalue weighted by atomic mass is 16.2. The van der Waals surface area contributed by atoms with Crippen molar-refractivity contribution in [2.24, 2.45) is 0 Å². The Hall–Kier alpha value is -3.96. The number of amides is 1. The predicted molar refractivity (Wildman–Crippen MR) is 154 cm³/mol. The van der Waals surface area contributed by atoms with Crippen LogP contribution in [0.25, 0.3) is 32.9 Å². The lowest BCUT2D eigenvalue weighted by atomic mass is 9.73. The Labute approximate surface area is 223 Å². The monoisotopic (exact) mass is 500 g/mol. The van der Waals surface area contributed by atoms with Gasteiger partial charge in [0.05, 0.1) is 10.9 Å². The van der Waals surface area contributed by atoms with Gasteiger partial charge in [-0.25, -0.2) is 0 Å². The van der Waals surface area contributed by atoms with Gasteiger partial charge in [-0.3, -0.25) is 9.78 Å². The molecule has 5 aromatic rings. The molecule has 2 aliphatic rings. The minimum Gasteiger partial charge on any atom is -0.343 e.